The average molecular weight is 409 g/mol. The highest BCUT2D eigenvalue weighted by molar-refractivity contribution is 7.98. The zero-order chi connectivity index (χ0) is 20.5. The molecule has 2 aromatic carbocycles. The molecule has 1 aromatic heterocycles. The minimum absolute atomic E-state index is 0.132. The molecule has 0 aliphatic carbocycles. The van der Waals surface area contributed by atoms with Crippen molar-refractivity contribution in [1.82, 2.24) is 4.57 Å². The number of thioether (sulfide) groups is 1. The number of benzene rings is 2. The number of aromatic nitrogens is 1. The van der Waals surface area contributed by atoms with E-state index in [2.05, 4.69) is 0 Å². The first-order chi connectivity index (χ1) is 13.2. The molecule has 0 aliphatic rings. The molecule has 8 heteroatoms. The van der Waals surface area contributed by atoms with E-state index in [0.717, 1.165) is 17.0 Å². The smallest absolute Gasteiger partial charge is 0.420 e. The SMILES string of the molecule is CCOC(=O)c1c(CSc2ccccc2)n(C)c2cc(C(F)(F)F)c(O)cc12. The Balaban J connectivity index is 2.15. The van der Waals surface area contributed by atoms with Gasteiger partial charge in [-0.05, 0) is 31.2 Å². The lowest BCUT2D eigenvalue weighted by Crippen LogP contribution is -2.08. The zero-order valence-corrected chi connectivity index (χ0v) is 16.0. The number of hydrogen-bond acceptors (Lipinski definition) is 4. The molecule has 0 unspecified atom stereocenters. The number of aromatic hydroxyl groups is 1. The van der Waals surface area contributed by atoms with Gasteiger partial charge in [0.05, 0.1) is 17.7 Å². The fourth-order valence-electron chi connectivity index (χ4n) is 3.02. The van der Waals surface area contributed by atoms with Gasteiger partial charge in [-0.2, -0.15) is 13.2 Å². The topological polar surface area (TPSA) is 51.5 Å². The van der Waals surface area contributed by atoms with E-state index in [0.29, 0.717) is 11.4 Å². The van der Waals surface area contributed by atoms with E-state index < -0.39 is 23.5 Å². The van der Waals surface area contributed by atoms with Crippen LogP contribution in [-0.4, -0.2) is 22.2 Å². The van der Waals surface area contributed by atoms with Crippen molar-refractivity contribution in [2.75, 3.05) is 6.61 Å². The van der Waals surface area contributed by atoms with Crippen LogP contribution < -0.4 is 0 Å². The molecule has 3 aromatic rings. The van der Waals surface area contributed by atoms with E-state index in [9.17, 15) is 23.1 Å². The summed E-state index contributed by atoms with van der Waals surface area (Å²) >= 11 is 1.45. The number of nitrogens with zero attached hydrogens (tertiary/aromatic N) is 1. The number of esters is 1. The number of carbonyl (C=O) groups is 1. The first kappa shape index (κ1) is 20.1. The molecule has 0 amide bonds. The van der Waals surface area contributed by atoms with Crippen LogP contribution in [0, 0.1) is 0 Å². The molecular weight excluding hydrogens is 391 g/mol. The van der Waals surface area contributed by atoms with Crippen LogP contribution in [0.4, 0.5) is 13.2 Å². The van der Waals surface area contributed by atoms with Gasteiger partial charge in [-0.3, -0.25) is 0 Å². The van der Waals surface area contributed by atoms with Crippen molar-refractivity contribution in [3.63, 3.8) is 0 Å². The maximum absolute atomic E-state index is 13.2. The highest BCUT2D eigenvalue weighted by Crippen LogP contribution is 2.41. The van der Waals surface area contributed by atoms with Crippen LogP contribution in [-0.2, 0) is 23.7 Å². The van der Waals surface area contributed by atoms with Crippen molar-refractivity contribution in [2.45, 2.75) is 23.7 Å². The minimum Gasteiger partial charge on any atom is -0.507 e. The fraction of sp³-hybridized carbons (Fsp3) is 0.250. The van der Waals surface area contributed by atoms with E-state index in [4.69, 9.17) is 4.74 Å². The molecule has 0 radical (unpaired) electrons. The van der Waals surface area contributed by atoms with E-state index in [1.54, 1.807) is 18.5 Å². The second-order valence-corrected chi connectivity index (χ2v) is 7.14. The van der Waals surface area contributed by atoms with Gasteiger partial charge < -0.3 is 14.4 Å². The van der Waals surface area contributed by atoms with Crippen LogP contribution in [0.3, 0.4) is 0 Å². The average Bonchev–Trinajstić information content (AvgIpc) is 2.90. The number of rotatable bonds is 5. The molecule has 4 nitrogen and oxygen atoms in total. The molecule has 28 heavy (non-hydrogen) atoms. The van der Waals surface area contributed by atoms with Crippen LogP contribution in [0.5, 0.6) is 5.75 Å². The molecule has 0 bridgehead atoms. The summed E-state index contributed by atoms with van der Waals surface area (Å²) in [5.74, 6) is -1.19. The minimum atomic E-state index is -4.70. The maximum Gasteiger partial charge on any atom is 0.420 e. The Morgan fingerprint density at radius 2 is 1.89 bits per heavy atom. The third kappa shape index (κ3) is 3.82. The summed E-state index contributed by atoms with van der Waals surface area (Å²) in [4.78, 5) is 13.5. The Morgan fingerprint density at radius 3 is 2.50 bits per heavy atom. The molecular formula is C20H18F3NO3S. The highest BCUT2D eigenvalue weighted by atomic mass is 32.2. The largest absolute Gasteiger partial charge is 0.507 e. The monoisotopic (exact) mass is 409 g/mol. The van der Waals surface area contributed by atoms with Crippen molar-refractivity contribution < 1.29 is 27.8 Å². The lowest BCUT2D eigenvalue weighted by atomic mass is 10.1. The van der Waals surface area contributed by atoms with Crippen molar-refractivity contribution >= 4 is 28.6 Å². The molecule has 0 saturated carbocycles. The van der Waals surface area contributed by atoms with Crippen molar-refractivity contribution in [2.24, 2.45) is 7.05 Å². The van der Waals surface area contributed by atoms with Gasteiger partial charge in [0.25, 0.3) is 0 Å². The standard InChI is InChI=1S/C20H18F3NO3S/c1-3-27-19(26)18-13-9-17(25)14(20(21,22)23)10-15(13)24(2)16(18)11-28-12-7-5-4-6-8-12/h4-10,25H,3,11H2,1-2H3. The number of alkyl halides is 3. The van der Waals surface area contributed by atoms with Crippen LogP contribution >= 0.6 is 11.8 Å². The van der Waals surface area contributed by atoms with Gasteiger partial charge in [0.1, 0.15) is 5.75 Å². The highest BCUT2D eigenvalue weighted by Gasteiger charge is 2.35. The summed E-state index contributed by atoms with van der Waals surface area (Å²) in [6.45, 7) is 1.79. The predicted octanol–water partition coefficient (Wildman–Crippen LogP) is 5.37. The molecule has 148 valence electrons. The number of phenolic OH excluding ortho intramolecular Hbond substituents is 1. The molecule has 1 N–H and O–H groups in total. The van der Waals surface area contributed by atoms with Crippen LogP contribution in [0.2, 0.25) is 0 Å². The third-order valence-electron chi connectivity index (χ3n) is 4.34. The van der Waals surface area contributed by atoms with Gasteiger partial charge in [-0.15, -0.1) is 11.8 Å². The van der Waals surface area contributed by atoms with Crippen molar-refractivity contribution in [1.29, 1.82) is 0 Å². The van der Waals surface area contributed by atoms with E-state index in [1.807, 2.05) is 30.3 Å². The van der Waals surface area contributed by atoms with Crippen molar-refractivity contribution in [3.8, 4) is 5.75 Å². The number of phenols is 1. The molecule has 0 fully saturated rings. The number of halogens is 3. The Hall–Kier alpha value is -2.61. The molecule has 1 heterocycles. The summed E-state index contributed by atoms with van der Waals surface area (Å²) in [6, 6.07) is 11.3. The summed E-state index contributed by atoms with van der Waals surface area (Å²) in [5, 5.41) is 10.1. The van der Waals surface area contributed by atoms with E-state index >= 15 is 0 Å². The van der Waals surface area contributed by atoms with Crippen molar-refractivity contribution in [3.05, 3.63) is 59.3 Å². The molecule has 0 aliphatic heterocycles. The Kier molecular flexibility index (Phi) is 5.60. The summed E-state index contributed by atoms with van der Waals surface area (Å²) in [7, 11) is 1.60. The normalized spacial score (nSPS) is 11.8. The van der Waals surface area contributed by atoms with Gasteiger partial charge in [-0.25, -0.2) is 4.79 Å². The Labute approximate surface area is 163 Å². The lowest BCUT2D eigenvalue weighted by Gasteiger charge is -2.10. The quantitative estimate of drug-likeness (QED) is 0.455. The number of hydrogen-bond donors (Lipinski definition) is 1. The summed E-state index contributed by atoms with van der Waals surface area (Å²) in [6.07, 6.45) is -4.70. The van der Waals surface area contributed by atoms with Gasteiger partial charge in [0.2, 0.25) is 0 Å². The van der Waals surface area contributed by atoms with Gasteiger partial charge in [0.15, 0.2) is 0 Å². The lowest BCUT2D eigenvalue weighted by molar-refractivity contribution is -0.138. The summed E-state index contributed by atoms with van der Waals surface area (Å²) in [5.41, 5.74) is -0.233. The zero-order valence-electron chi connectivity index (χ0n) is 15.2. The van der Waals surface area contributed by atoms with Crippen LogP contribution in [0.25, 0.3) is 10.9 Å². The molecule has 0 spiro atoms. The van der Waals surface area contributed by atoms with Crippen LogP contribution in [0.15, 0.2) is 47.4 Å². The first-order valence-electron chi connectivity index (χ1n) is 8.50. The van der Waals surface area contributed by atoms with Gasteiger partial charge >= 0.3 is 12.1 Å². The van der Waals surface area contributed by atoms with Gasteiger partial charge in [-0.1, -0.05) is 18.2 Å². The van der Waals surface area contributed by atoms with E-state index in [1.165, 1.54) is 11.8 Å². The number of aryl methyl sites for hydroxylation is 1. The predicted molar refractivity (Wildman–Crippen MR) is 102 cm³/mol. The van der Waals surface area contributed by atoms with Gasteiger partial charge in [0, 0.05) is 34.3 Å². The maximum atomic E-state index is 13.2. The molecule has 0 saturated heterocycles. The van der Waals surface area contributed by atoms with E-state index in [-0.39, 0.29) is 23.1 Å². The summed E-state index contributed by atoms with van der Waals surface area (Å²) < 4.78 is 46.3. The Bertz CT molecular complexity index is 1010. The Morgan fingerprint density at radius 1 is 1.21 bits per heavy atom. The number of fused-ring (bicyclic) bond motifs is 1. The second-order valence-electron chi connectivity index (χ2n) is 6.09. The number of ether oxygens (including phenoxy) is 1. The molecule has 3 rings (SSSR count). The fourth-order valence-corrected chi connectivity index (χ4v) is 4.01. The molecule has 0 atom stereocenters. The second kappa shape index (κ2) is 7.79. The first-order valence-corrected chi connectivity index (χ1v) is 9.49. The number of carbonyl (C=O) groups excluding carboxylic acids is 1. The van der Waals surface area contributed by atoms with Crippen LogP contribution in [0.1, 0.15) is 28.5 Å². The third-order valence-corrected chi connectivity index (χ3v) is 5.37.